The molecule has 1 aromatic carbocycles. The van der Waals surface area contributed by atoms with Gasteiger partial charge >= 0.3 is 6.18 Å². The molecule has 1 heterocycles. The molecule has 0 unspecified atom stereocenters. The quantitative estimate of drug-likeness (QED) is 0.762. The van der Waals surface area contributed by atoms with Gasteiger partial charge in [-0.3, -0.25) is 9.67 Å². The van der Waals surface area contributed by atoms with Gasteiger partial charge in [-0.2, -0.15) is 18.3 Å². The van der Waals surface area contributed by atoms with E-state index in [4.69, 9.17) is 12.2 Å². The van der Waals surface area contributed by atoms with Crippen LogP contribution < -0.4 is 0 Å². The van der Waals surface area contributed by atoms with Gasteiger partial charge in [0.2, 0.25) is 0 Å². The van der Waals surface area contributed by atoms with E-state index in [0.29, 0.717) is 20.6 Å². The molecule has 8 heteroatoms. The van der Waals surface area contributed by atoms with Crippen LogP contribution in [0.25, 0.3) is 11.4 Å². The predicted octanol–water partition coefficient (Wildman–Crippen LogP) is 4.97. The van der Waals surface area contributed by atoms with Crippen LogP contribution >= 0.6 is 28.1 Å². The van der Waals surface area contributed by atoms with Crippen molar-refractivity contribution in [3.8, 4) is 11.4 Å². The molecule has 1 aromatic heterocycles. The van der Waals surface area contributed by atoms with Gasteiger partial charge in [0, 0.05) is 16.1 Å². The van der Waals surface area contributed by atoms with E-state index in [9.17, 15) is 13.2 Å². The first-order chi connectivity index (χ1) is 9.21. The van der Waals surface area contributed by atoms with Crippen molar-refractivity contribution in [3.63, 3.8) is 0 Å². The van der Waals surface area contributed by atoms with Gasteiger partial charge in [-0.15, -0.1) is 0 Å². The Balaban J connectivity index is 2.67. The summed E-state index contributed by atoms with van der Waals surface area (Å²) in [5.74, 6) is 0.378. The SMILES string of the molecule is CC(C)n1c(-c2cc(C(F)(F)F)ccc2Br)n[nH]c1=S. The Hall–Kier alpha value is -1.15. The zero-order chi connectivity index (χ0) is 15.1. The van der Waals surface area contributed by atoms with Gasteiger partial charge in [0.25, 0.3) is 0 Å². The molecule has 0 saturated heterocycles. The molecule has 0 aliphatic carbocycles. The highest BCUT2D eigenvalue weighted by Gasteiger charge is 2.31. The van der Waals surface area contributed by atoms with Crippen molar-refractivity contribution in [1.82, 2.24) is 14.8 Å². The number of aromatic amines is 1. The van der Waals surface area contributed by atoms with Crippen molar-refractivity contribution in [1.29, 1.82) is 0 Å². The second-order valence-electron chi connectivity index (χ2n) is 4.51. The van der Waals surface area contributed by atoms with E-state index in [1.165, 1.54) is 6.07 Å². The van der Waals surface area contributed by atoms with Crippen molar-refractivity contribution in [3.05, 3.63) is 33.0 Å². The maximum atomic E-state index is 12.8. The van der Waals surface area contributed by atoms with Crippen molar-refractivity contribution < 1.29 is 13.2 Å². The second-order valence-corrected chi connectivity index (χ2v) is 5.75. The highest BCUT2D eigenvalue weighted by atomic mass is 79.9. The van der Waals surface area contributed by atoms with Crippen molar-refractivity contribution in [2.75, 3.05) is 0 Å². The highest BCUT2D eigenvalue weighted by Crippen LogP contribution is 2.36. The number of benzene rings is 1. The van der Waals surface area contributed by atoms with Crippen LogP contribution in [0.2, 0.25) is 0 Å². The fourth-order valence-corrected chi connectivity index (χ4v) is 2.61. The Kier molecular flexibility index (Phi) is 4.06. The maximum Gasteiger partial charge on any atom is 0.416 e. The summed E-state index contributed by atoms with van der Waals surface area (Å²) in [6, 6.07) is 3.43. The van der Waals surface area contributed by atoms with Crippen molar-refractivity contribution in [2.45, 2.75) is 26.1 Å². The Morgan fingerprint density at radius 2 is 2.00 bits per heavy atom. The highest BCUT2D eigenvalue weighted by molar-refractivity contribution is 9.10. The van der Waals surface area contributed by atoms with E-state index in [-0.39, 0.29) is 6.04 Å². The Labute approximate surface area is 126 Å². The van der Waals surface area contributed by atoms with Crippen LogP contribution in [-0.2, 0) is 6.18 Å². The second kappa shape index (κ2) is 5.33. The van der Waals surface area contributed by atoms with Gasteiger partial charge < -0.3 is 0 Å². The average molecular weight is 366 g/mol. The zero-order valence-corrected chi connectivity index (χ0v) is 13.0. The van der Waals surface area contributed by atoms with Crippen LogP contribution in [0.15, 0.2) is 22.7 Å². The lowest BCUT2D eigenvalue weighted by Crippen LogP contribution is -2.07. The minimum atomic E-state index is -4.40. The minimum Gasteiger partial charge on any atom is -0.298 e. The minimum absolute atomic E-state index is 0.0160. The zero-order valence-electron chi connectivity index (χ0n) is 10.6. The molecule has 0 spiro atoms. The normalized spacial score (nSPS) is 12.2. The van der Waals surface area contributed by atoms with Crippen LogP contribution in [-0.4, -0.2) is 14.8 Å². The number of halogens is 4. The Morgan fingerprint density at radius 1 is 1.35 bits per heavy atom. The fraction of sp³-hybridized carbons (Fsp3) is 0.333. The molecule has 108 valence electrons. The first kappa shape index (κ1) is 15.2. The van der Waals surface area contributed by atoms with Crippen molar-refractivity contribution >= 4 is 28.1 Å². The number of nitrogens with one attached hydrogen (secondary N) is 1. The lowest BCUT2D eigenvalue weighted by Gasteiger charge is -2.13. The van der Waals surface area contributed by atoms with E-state index in [0.717, 1.165) is 12.1 Å². The van der Waals surface area contributed by atoms with Gasteiger partial charge in [-0.25, -0.2) is 0 Å². The Bertz CT molecular complexity index is 688. The molecule has 3 nitrogen and oxygen atoms in total. The standard InChI is InChI=1S/C12H11BrF3N3S/c1-6(2)19-10(17-18-11(19)20)8-5-7(12(14,15)16)3-4-9(8)13/h3-6H,1-2H3,(H,18,20). The number of hydrogen-bond acceptors (Lipinski definition) is 2. The topological polar surface area (TPSA) is 33.6 Å². The number of aromatic nitrogens is 3. The third-order valence-electron chi connectivity index (χ3n) is 2.76. The van der Waals surface area contributed by atoms with E-state index in [2.05, 4.69) is 26.1 Å². The van der Waals surface area contributed by atoms with Gasteiger partial charge in [-0.1, -0.05) is 15.9 Å². The summed E-state index contributed by atoms with van der Waals surface area (Å²) in [6.07, 6.45) is -4.40. The lowest BCUT2D eigenvalue weighted by molar-refractivity contribution is -0.137. The molecule has 0 saturated carbocycles. The predicted molar refractivity (Wildman–Crippen MR) is 75.9 cm³/mol. The number of hydrogen-bond donors (Lipinski definition) is 1. The smallest absolute Gasteiger partial charge is 0.298 e. The van der Waals surface area contributed by atoms with Gasteiger partial charge in [0.1, 0.15) is 0 Å². The molecule has 0 radical (unpaired) electrons. The summed E-state index contributed by atoms with van der Waals surface area (Å²) >= 11 is 8.36. The van der Waals surface area contributed by atoms with E-state index < -0.39 is 11.7 Å². The van der Waals surface area contributed by atoms with Gasteiger partial charge in [0.15, 0.2) is 10.6 Å². The molecule has 0 atom stereocenters. The summed E-state index contributed by atoms with van der Waals surface area (Å²) in [5, 5.41) is 6.66. The number of rotatable bonds is 2. The van der Waals surface area contributed by atoms with E-state index >= 15 is 0 Å². The maximum absolute atomic E-state index is 12.8. The van der Waals surface area contributed by atoms with Gasteiger partial charge in [-0.05, 0) is 44.3 Å². The molecular formula is C12H11BrF3N3S. The van der Waals surface area contributed by atoms with Crippen LogP contribution in [0, 0.1) is 4.77 Å². The third kappa shape index (κ3) is 2.80. The van der Waals surface area contributed by atoms with E-state index in [1.54, 1.807) is 4.57 Å². The molecule has 0 fully saturated rings. The molecule has 2 rings (SSSR count). The van der Waals surface area contributed by atoms with Crippen LogP contribution in [0.5, 0.6) is 0 Å². The lowest BCUT2D eigenvalue weighted by atomic mass is 10.1. The first-order valence-electron chi connectivity index (χ1n) is 5.76. The molecule has 0 aliphatic heterocycles. The summed E-state index contributed by atoms with van der Waals surface area (Å²) < 4.78 is 41.0. The third-order valence-corrected chi connectivity index (χ3v) is 3.73. The summed E-state index contributed by atoms with van der Waals surface area (Å²) in [6.45, 7) is 3.77. The fourth-order valence-electron chi connectivity index (χ4n) is 1.85. The van der Waals surface area contributed by atoms with Crippen LogP contribution in [0.1, 0.15) is 25.5 Å². The van der Waals surface area contributed by atoms with Crippen LogP contribution in [0.4, 0.5) is 13.2 Å². The molecule has 0 amide bonds. The largest absolute Gasteiger partial charge is 0.416 e. The first-order valence-corrected chi connectivity index (χ1v) is 6.96. The number of H-pyrrole nitrogens is 1. The molecule has 2 aromatic rings. The van der Waals surface area contributed by atoms with Crippen LogP contribution in [0.3, 0.4) is 0 Å². The number of alkyl halides is 3. The van der Waals surface area contributed by atoms with Crippen molar-refractivity contribution in [2.24, 2.45) is 0 Å². The summed E-state index contributed by atoms with van der Waals surface area (Å²) in [5.41, 5.74) is -0.374. The summed E-state index contributed by atoms with van der Waals surface area (Å²) in [4.78, 5) is 0. The monoisotopic (exact) mass is 365 g/mol. The molecule has 1 N–H and O–H groups in total. The number of nitrogens with zero attached hydrogens (tertiary/aromatic N) is 2. The average Bonchev–Trinajstić information content (AvgIpc) is 2.70. The summed E-state index contributed by atoms with van der Waals surface area (Å²) in [7, 11) is 0. The van der Waals surface area contributed by atoms with E-state index in [1.807, 2.05) is 13.8 Å². The molecule has 0 aliphatic rings. The Morgan fingerprint density at radius 3 is 2.55 bits per heavy atom. The molecular weight excluding hydrogens is 355 g/mol. The molecule has 0 bridgehead atoms. The molecule has 20 heavy (non-hydrogen) atoms. The van der Waals surface area contributed by atoms with Gasteiger partial charge in [0.05, 0.1) is 5.56 Å².